The maximum absolute atomic E-state index is 11.1. The zero-order valence-electron chi connectivity index (χ0n) is 8.71. The number of nitrogens with two attached hydrogens (primary N) is 1. The topological polar surface area (TPSA) is 81.4 Å². The molecule has 0 rings (SSSR count). The number of rotatable bonds is 6. The molecule has 0 aliphatic carbocycles. The molecule has 0 aromatic carbocycles. The van der Waals surface area contributed by atoms with Crippen molar-refractivity contribution in [1.82, 2.24) is 5.32 Å². The smallest absolute Gasteiger partial charge is 0.305 e. The Morgan fingerprint density at radius 3 is 2.64 bits per heavy atom. The summed E-state index contributed by atoms with van der Waals surface area (Å²) in [6.07, 6.45) is 1.24. The average Bonchev–Trinajstić information content (AvgIpc) is 2.10. The lowest BCUT2D eigenvalue weighted by molar-refractivity contribution is -0.140. The summed E-state index contributed by atoms with van der Waals surface area (Å²) in [6, 6.07) is -0.129. The van der Waals surface area contributed by atoms with E-state index < -0.39 is 0 Å². The molecule has 5 heteroatoms. The van der Waals surface area contributed by atoms with Gasteiger partial charge in [0.05, 0.1) is 7.11 Å². The van der Waals surface area contributed by atoms with Gasteiger partial charge in [-0.1, -0.05) is 0 Å². The molecule has 1 atom stereocenters. The summed E-state index contributed by atoms with van der Waals surface area (Å²) in [7, 11) is 1.34. The second kappa shape index (κ2) is 7.32. The van der Waals surface area contributed by atoms with Gasteiger partial charge in [-0.25, -0.2) is 0 Å². The van der Waals surface area contributed by atoms with Crippen molar-refractivity contribution in [2.24, 2.45) is 5.73 Å². The van der Waals surface area contributed by atoms with E-state index in [2.05, 4.69) is 10.1 Å². The summed E-state index contributed by atoms with van der Waals surface area (Å²) in [5.41, 5.74) is 5.43. The van der Waals surface area contributed by atoms with Gasteiger partial charge >= 0.3 is 5.97 Å². The van der Waals surface area contributed by atoms with Gasteiger partial charge in [0.1, 0.15) is 0 Å². The molecule has 0 heterocycles. The van der Waals surface area contributed by atoms with Crippen LogP contribution in [0.15, 0.2) is 0 Å². The quantitative estimate of drug-likeness (QED) is 0.461. The average molecular weight is 202 g/mol. The van der Waals surface area contributed by atoms with E-state index in [9.17, 15) is 9.59 Å². The number of carbonyl (C=O) groups is 2. The molecule has 14 heavy (non-hydrogen) atoms. The van der Waals surface area contributed by atoms with E-state index in [-0.39, 0.29) is 17.9 Å². The Balaban J connectivity index is 3.36. The van der Waals surface area contributed by atoms with Gasteiger partial charge in [-0.15, -0.1) is 0 Å². The number of hydrogen-bond acceptors (Lipinski definition) is 4. The summed E-state index contributed by atoms with van der Waals surface area (Å²) in [4.78, 5) is 21.7. The number of esters is 1. The van der Waals surface area contributed by atoms with Crippen LogP contribution in [0.25, 0.3) is 0 Å². The van der Waals surface area contributed by atoms with E-state index in [0.29, 0.717) is 25.8 Å². The van der Waals surface area contributed by atoms with Gasteiger partial charge in [0.2, 0.25) is 5.91 Å². The number of hydrogen-bond donors (Lipinski definition) is 2. The lowest BCUT2D eigenvalue weighted by Crippen LogP contribution is -2.30. The highest BCUT2D eigenvalue weighted by molar-refractivity contribution is 5.76. The molecule has 0 radical (unpaired) electrons. The van der Waals surface area contributed by atoms with Crippen molar-refractivity contribution in [3.63, 3.8) is 0 Å². The Morgan fingerprint density at radius 2 is 2.14 bits per heavy atom. The highest BCUT2D eigenvalue weighted by Gasteiger charge is 2.04. The first-order valence-corrected chi connectivity index (χ1v) is 4.65. The van der Waals surface area contributed by atoms with Crippen LogP contribution in [0.4, 0.5) is 0 Å². The number of ether oxygens (including phenoxy) is 1. The minimum absolute atomic E-state index is 0.0788. The number of carbonyl (C=O) groups excluding carboxylic acids is 2. The minimum Gasteiger partial charge on any atom is -0.469 e. The third-order valence-electron chi connectivity index (χ3n) is 1.61. The highest BCUT2D eigenvalue weighted by Crippen LogP contribution is 1.91. The van der Waals surface area contributed by atoms with Crippen molar-refractivity contribution in [2.45, 2.75) is 32.2 Å². The van der Waals surface area contributed by atoms with Crippen LogP contribution in [0.5, 0.6) is 0 Å². The molecule has 0 aliphatic heterocycles. The van der Waals surface area contributed by atoms with Gasteiger partial charge in [0.25, 0.3) is 0 Å². The van der Waals surface area contributed by atoms with E-state index in [0.717, 1.165) is 0 Å². The lowest BCUT2D eigenvalue weighted by atomic mass is 10.2. The molecule has 0 aliphatic rings. The first-order valence-electron chi connectivity index (χ1n) is 4.65. The van der Waals surface area contributed by atoms with E-state index in [4.69, 9.17) is 5.73 Å². The van der Waals surface area contributed by atoms with Gasteiger partial charge in [-0.05, 0) is 13.3 Å². The molecule has 5 nitrogen and oxygen atoms in total. The van der Waals surface area contributed by atoms with Crippen LogP contribution in [0.1, 0.15) is 26.2 Å². The zero-order chi connectivity index (χ0) is 11.0. The third kappa shape index (κ3) is 7.54. The minimum atomic E-state index is -0.258. The predicted octanol–water partition coefficient (Wildman–Crippen LogP) is -0.207. The molecule has 0 saturated heterocycles. The maximum Gasteiger partial charge on any atom is 0.305 e. The second-order valence-corrected chi connectivity index (χ2v) is 3.21. The first kappa shape index (κ1) is 12.9. The summed E-state index contributed by atoms with van der Waals surface area (Å²) in [5.74, 6) is -0.337. The largest absolute Gasteiger partial charge is 0.469 e. The summed E-state index contributed by atoms with van der Waals surface area (Å²) < 4.78 is 4.45. The molecule has 3 N–H and O–H groups in total. The fourth-order valence-corrected chi connectivity index (χ4v) is 0.927. The predicted molar refractivity (Wildman–Crippen MR) is 52.5 cm³/mol. The van der Waals surface area contributed by atoms with Gasteiger partial charge in [-0.2, -0.15) is 0 Å². The second-order valence-electron chi connectivity index (χ2n) is 3.21. The third-order valence-corrected chi connectivity index (χ3v) is 1.61. The van der Waals surface area contributed by atoms with Gasteiger partial charge in [-0.3, -0.25) is 9.59 Å². The van der Waals surface area contributed by atoms with Crippen LogP contribution in [0, 0.1) is 0 Å². The van der Waals surface area contributed by atoms with Crippen molar-refractivity contribution in [3.8, 4) is 0 Å². The normalized spacial score (nSPS) is 11.9. The maximum atomic E-state index is 11.1. The van der Waals surface area contributed by atoms with Crippen LogP contribution < -0.4 is 11.1 Å². The van der Waals surface area contributed by atoms with Crippen molar-refractivity contribution in [3.05, 3.63) is 0 Å². The highest BCUT2D eigenvalue weighted by atomic mass is 16.5. The Labute approximate surface area is 84.0 Å². The van der Waals surface area contributed by atoms with Gasteiger partial charge < -0.3 is 15.8 Å². The van der Waals surface area contributed by atoms with Crippen molar-refractivity contribution in [2.75, 3.05) is 13.7 Å². The Bertz CT molecular complexity index is 192. The molecule has 0 bridgehead atoms. The van der Waals surface area contributed by atoms with Gasteiger partial charge in [0, 0.05) is 25.4 Å². The summed E-state index contributed by atoms with van der Waals surface area (Å²) in [5, 5.41) is 2.67. The molecule has 1 amide bonds. The standard InChI is InChI=1S/C9H18N2O3/c1-7(10)6-8(12)11-5-3-4-9(13)14-2/h7H,3-6,10H2,1-2H3,(H,11,12). The van der Waals surface area contributed by atoms with Crippen molar-refractivity contribution in [1.29, 1.82) is 0 Å². The summed E-state index contributed by atoms with van der Waals surface area (Å²) >= 11 is 0. The molecule has 0 aromatic rings. The number of amides is 1. The van der Waals surface area contributed by atoms with Crippen LogP contribution in [0.2, 0.25) is 0 Å². The van der Waals surface area contributed by atoms with Crippen molar-refractivity contribution >= 4 is 11.9 Å². The molecule has 0 spiro atoms. The molecule has 0 aromatic heterocycles. The Morgan fingerprint density at radius 1 is 1.50 bits per heavy atom. The summed E-state index contributed by atoms with van der Waals surface area (Å²) in [6.45, 7) is 2.26. The van der Waals surface area contributed by atoms with Crippen LogP contribution in [-0.2, 0) is 14.3 Å². The van der Waals surface area contributed by atoms with Crippen molar-refractivity contribution < 1.29 is 14.3 Å². The van der Waals surface area contributed by atoms with Gasteiger partial charge in [0.15, 0.2) is 0 Å². The van der Waals surface area contributed by atoms with E-state index >= 15 is 0 Å². The van der Waals surface area contributed by atoms with E-state index in [1.54, 1.807) is 6.92 Å². The van der Waals surface area contributed by atoms with Crippen LogP contribution in [0.3, 0.4) is 0 Å². The molecule has 82 valence electrons. The fourth-order valence-electron chi connectivity index (χ4n) is 0.927. The lowest BCUT2D eigenvalue weighted by Gasteiger charge is -2.06. The molecule has 0 fully saturated rings. The molecule has 1 unspecified atom stereocenters. The zero-order valence-corrected chi connectivity index (χ0v) is 8.71. The Kier molecular flexibility index (Phi) is 6.74. The number of methoxy groups -OCH3 is 1. The molecular weight excluding hydrogens is 184 g/mol. The Hall–Kier alpha value is -1.10. The fraction of sp³-hybridized carbons (Fsp3) is 0.778. The molecular formula is C9H18N2O3. The monoisotopic (exact) mass is 202 g/mol. The first-order chi connectivity index (χ1) is 6.56. The van der Waals surface area contributed by atoms with E-state index in [1.165, 1.54) is 7.11 Å². The molecule has 0 saturated carbocycles. The SMILES string of the molecule is COC(=O)CCCNC(=O)CC(C)N. The van der Waals surface area contributed by atoms with Crippen LogP contribution in [-0.4, -0.2) is 31.6 Å². The number of nitrogens with one attached hydrogen (secondary N) is 1. The van der Waals surface area contributed by atoms with Crippen LogP contribution >= 0.6 is 0 Å². The van der Waals surface area contributed by atoms with E-state index in [1.807, 2.05) is 0 Å².